The van der Waals surface area contributed by atoms with Gasteiger partial charge in [0, 0.05) is 6.20 Å². The molecule has 3 aromatic rings. The normalized spacial score (nSPS) is 12.3. The molecule has 1 amide bonds. The minimum absolute atomic E-state index is 0.150. The molecule has 0 aromatic carbocycles. The van der Waals surface area contributed by atoms with E-state index in [2.05, 4.69) is 20.3 Å². The van der Waals surface area contributed by atoms with E-state index in [1.54, 1.807) is 19.2 Å². The minimum atomic E-state index is -0.405. The first-order valence-corrected chi connectivity index (χ1v) is 6.76. The number of nitrogens with one attached hydrogen (secondary N) is 2. The van der Waals surface area contributed by atoms with E-state index in [1.165, 1.54) is 6.33 Å². The van der Waals surface area contributed by atoms with Crippen molar-refractivity contribution in [3.05, 3.63) is 58.1 Å². The Balaban J connectivity index is 1.96. The Hall–Kier alpha value is -2.96. The number of carbonyl (C=O) groups is 1. The quantitative estimate of drug-likeness (QED) is 0.766. The molecule has 1 unspecified atom stereocenters. The zero-order valence-corrected chi connectivity index (χ0v) is 12.1. The van der Waals surface area contributed by atoms with Gasteiger partial charge in [-0.2, -0.15) is 0 Å². The first-order valence-electron chi connectivity index (χ1n) is 6.76. The van der Waals surface area contributed by atoms with Crippen molar-refractivity contribution in [3.63, 3.8) is 0 Å². The van der Waals surface area contributed by atoms with Crippen LogP contribution in [0.1, 0.15) is 34.8 Å². The lowest BCUT2D eigenvalue weighted by Gasteiger charge is -2.12. The van der Waals surface area contributed by atoms with Gasteiger partial charge < -0.3 is 14.7 Å². The third kappa shape index (κ3) is 2.37. The Morgan fingerprint density at radius 2 is 2.18 bits per heavy atom. The number of carbonyl (C=O) groups excluding carboxylic acids is 1. The summed E-state index contributed by atoms with van der Waals surface area (Å²) in [5.41, 5.74) is 0.676. The highest BCUT2D eigenvalue weighted by Gasteiger charge is 2.23. The lowest BCUT2D eigenvalue weighted by atomic mass is 10.1. The number of aromatic amines is 1. The highest BCUT2D eigenvalue weighted by atomic mass is 16.3. The van der Waals surface area contributed by atoms with Crippen molar-refractivity contribution in [1.29, 1.82) is 0 Å². The number of furan rings is 1. The van der Waals surface area contributed by atoms with Crippen molar-refractivity contribution in [1.82, 2.24) is 20.3 Å². The Morgan fingerprint density at radius 3 is 2.91 bits per heavy atom. The molecule has 0 spiro atoms. The predicted octanol–water partition coefficient (Wildman–Crippen LogP) is 1.71. The zero-order chi connectivity index (χ0) is 15.7. The largest absolute Gasteiger partial charge is 0.442 e. The van der Waals surface area contributed by atoms with Crippen molar-refractivity contribution in [2.75, 3.05) is 0 Å². The van der Waals surface area contributed by atoms with Gasteiger partial charge in [0.2, 0.25) is 5.71 Å². The third-order valence-corrected chi connectivity index (χ3v) is 3.38. The molecule has 0 aliphatic carbocycles. The van der Waals surface area contributed by atoms with E-state index in [0.717, 1.165) is 5.69 Å². The highest BCUT2D eigenvalue weighted by molar-refractivity contribution is 6.06. The van der Waals surface area contributed by atoms with Gasteiger partial charge >= 0.3 is 0 Å². The van der Waals surface area contributed by atoms with Crippen LogP contribution in [0, 0.1) is 6.92 Å². The van der Waals surface area contributed by atoms with Gasteiger partial charge in [0.25, 0.3) is 11.5 Å². The fourth-order valence-electron chi connectivity index (χ4n) is 2.30. The smallest absolute Gasteiger partial charge is 0.262 e. The number of aryl methyl sites for hydroxylation is 1. The summed E-state index contributed by atoms with van der Waals surface area (Å²) in [6.07, 6.45) is 2.90. The molecule has 0 aliphatic heterocycles. The number of amides is 1. The summed E-state index contributed by atoms with van der Waals surface area (Å²) in [6.45, 7) is 3.45. The van der Waals surface area contributed by atoms with Crippen molar-refractivity contribution in [2.24, 2.45) is 0 Å². The van der Waals surface area contributed by atoms with Crippen LogP contribution in [0.25, 0.3) is 11.1 Å². The fraction of sp³-hybridized carbons (Fsp3) is 0.200. The molecule has 2 N–H and O–H groups in total. The Morgan fingerprint density at radius 1 is 1.36 bits per heavy atom. The van der Waals surface area contributed by atoms with E-state index in [4.69, 9.17) is 4.42 Å². The molecule has 0 aliphatic rings. The van der Waals surface area contributed by atoms with Crippen molar-refractivity contribution in [2.45, 2.75) is 19.9 Å². The lowest BCUT2D eigenvalue weighted by Crippen LogP contribution is -2.28. The molecule has 22 heavy (non-hydrogen) atoms. The topological polar surface area (TPSA) is 101 Å². The summed E-state index contributed by atoms with van der Waals surface area (Å²) >= 11 is 0. The predicted molar refractivity (Wildman–Crippen MR) is 79.5 cm³/mol. The standard InChI is InChI=1S/C15H14N4O3/c1-8(10-5-3-4-6-16-10)19-14(21)11-9(2)22-15-12(11)13(20)17-7-18-15/h3-8H,1-2H3,(H,19,21)(H,17,18,20). The monoisotopic (exact) mass is 298 g/mol. The van der Waals surface area contributed by atoms with Crippen molar-refractivity contribution < 1.29 is 9.21 Å². The SMILES string of the molecule is Cc1oc2nc[nH]c(=O)c2c1C(=O)NC(C)c1ccccn1. The molecular formula is C15H14N4O3. The number of fused-ring (bicyclic) bond motifs is 1. The minimum Gasteiger partial charge on any atom is -0.442 e. The molecule has 7 heteroatoms. The Labute approximate surface area is 125 Å². The molecule has 3 rings (SSSR count). The molecule has 0 saturated carbocycles. The number of H-pyrrole nitrogens is 1. The van der Waals surface area contributed by atoms with Gasteiger partial charge in [0.1, 0.15) is 11.1 Å². The van der Waals surface area contributed by atoms with Crippen LogP contribution in [0.15, 0.2) is 39.9 Å². The molecule has 7 nitrogen and oxygen atoms in total. The summed E-state index contributed by atoms with van der Waals surface area (Å²) in [5, 5.41) is 2.97. The summed E-state index contributed by atoms with van der Waals surface area (Å²) in [5.74, 6) is -0.0437. The van der Waals surface area contributed by atoms with Crippen LogP contribution in [0.5, 0.6) is 0 Å². The zero-order valence-electron chi connectivity index (χ0n) is 12.1. The van der Waals surface area contributed by atoms with Gasteiger partial charge in [-0.25, -0.2) is 4.98 Å². The van der Waals surface area contributed by atoms with E-state index in [-0.39, 0.29) is 22.7 Å². The molecule has 1 atom stereocenters. The molecule has 3 heterocycles. The van der Waals surface area contributed by atoms with Crippen LogP contribution >= 0.6 is 0 Å². The number of hydrogen-bond acceptors (Lipinski definition) is 5. The molecule has 0 fully saturated rings. The van der Waals surface area contributed by atoms with Gasteiger partial charge in [-0.15, -0.1) is 0 Å². The van der Waals surface area contributed by atoms with E-state index in [9.17, 15) is 9.59 Å². The first kappa shape index (κ1) is 14.0. The lowest BCUT2D eigenvalue weighted by molar-refractivity contribution is 0.0939. The maximum atomic E-state index is 12.5. The number of hydrogen-bond donors (Lipinski definition) is 2. The van der Waals surface area contributed by atoms with Crippen LogP contribution in [0.3, 0.4) is 0 Å². The van der Waals surface area contributed by atoms with Gasteiger partial charge in [-0.1, -0.05) is 6.07 Å². The number of nitrogens with zero attached hydrogens (tertiary/aromatic N) is 2. The number of rotatable bonds is 3. The fourth-order valence-corrected chi connectivity index (χ4v) is 2.30. The number of aromatic nitrogens is 3. The van der Waals surface area contributed by atoms with Crippen LogP contribution in [-0.4, -0.2) is 20.9 Å². The van der Waals surface area contributed by atoms with Gasteiger partial charge in [-0.3, -0.25) is 14.6 Å². The van der Waals surface area contributed by atoms with Gasteiger partial charge in [0.15, 0.2) is 0 Å². The van der Waals surface area contributed by atoms with Crippen LogP contribution in [0.4, 0.5) is 0 Å². The van der Waals surface area contributed by atoms with E-state index in [1.807, 2.05) is 19.1 Å². The second-order valence-corrected chi connectivity index (χ2v) is 4.89. The molecule has 3 aromatic heterocycles. The third-order valence-electron chi connectivity index (χ3n) is 3.38. The summed E-state index contributed by atoms with van der Waals surface area (Å²) in [6, 6.07) is 5.17. The molecule has 112 valence electrons. The highest BCUT2D eigenvalue weighted by Crippen LogP contribution is 2.21. The Bertz CT molecular complexity index is 883. The maximum Gasteiger partial charge on any atom is 0.262 e. The van der Waals surface area contributed by atoms with Gasteiger partial charge in [-0.05, 0) is 26.0 Å². The maximum absolute atomic E-state index is 12.5. The Kier molecular flexibility index (Phi) is 3.46. The summed E-state index contributed by atoms with van der Waals surface area (Å²) < 4.78 is 5.38. The van der Waals surface area contributed by atoms with Crippen molar-refractivity contribution >= 4 is 17.0 Å². The second kappa shape index (κ2) is 5.44. The molecular weight excluding hydrogens is 284 g/mol. The molecule has 0 bridgehead atoms. The van der Waals surface area contributed by atoms with Crippen LogP contribution in [0.2, 0.25) is 0 Å². The van der Waals surface area contributed by atoms with E-state index < -0.39 is 11.5 Å². The van der Waals surface area contributed by atoms with Crippen LogP contribution in [-0.2, 0) is 0 Å². The average Bonchev–Trinajstić information content (AvgIpc) is 2.85. The second-order valence-electron chi connectivity index (χ2n) is 4.89. The van der Waals surface area contributed by atoms with E-state index >= 15 is 0 Å². The van der Waals surface area contributed by atoms with E-state index in [0.29, 0.717) is 5.76 Å². The average molecular weight is 298 g/mol. The summed E-state index contributed by atoms with van der Waals surface area (Å²) in [4.78, 5) is 35.0. The number of pyridine rings is 1. The molecule has 0 radical (unpaired) electrons. The summed E-state index contributed by atoms with van der Waals surface area (Å²) in [7, 11) is 0. The van der Waals surface area contributed by atoms with Gasteiger partial charge in [0.05, 0.1) is 23.6 Å². The first-order chi connectivity index (χ1) is 10.6. The molecule has 0 saturated heterocycles. The van der Waals surface area contributed by atoms with Crippen molar-refractivity contribution in [3.8, 4) is 0 Å². The van der Waals surface area contributed by atoms with Crippen LogP contribution < -0.4 is 10.9 Å².